The first-order chi connectivity index (χ1) is 11.7. The number of nitrogens with zero attached hydrogens (tertiary/aromatic N) is 1. The van der Waals surface area contributed by atoms with Crippen LogP contribution in [0.3, 0.4) is 0 Å². The van der Waals surface area contributed by atoms with Crippen LogP contribution in [0.1, 0.15) is 10.4 Å². The Balaban J connectivity index is 1.69. The SMILES string of the molecule is COc1cc2ccc3nc(NC(=O)c4ccccc4)sc3cc-2c1. The number of carbonyl (C=O) groups excluding carboxylic acids is 1. The summed E-state index contributed by atoms with van der Waals surface area (Å²) in [6.07, 6.45) is 0. The molecule has 4 nitrogen and oxygen atoms in total. The molecule has 2 aliphatic rings. The molecule has 0 atom stereocenters. The molecule has 2 aromatic rings. The molecule has 0 bridgehead atoms. The van der Waals surface area contributed by atoms with Crippen LogP contribution >= 0.6 is 11.3 Å². The average molecular weight is 334 g/mol. The van der Waals surface area contributed by atoms with Crippen molar-refractivity contribution in [2.75, 3.05) is 12.4 Å². The molecule has 0 spiro atoms. The highest BCUT2D eigenvalue weighted by Gasteiger charge is 2.11. The number of anilines is 1. The number of thiazole rings is 1. The summed E-state index contributed by atoms with van der Waals surface area (Å²) in [4.78, 5) is 16.8. The molecule has 0 fully saturated rings. The molecule has 0 radical (unpaired) electrons. The van der Waals surface area contributed by atoms with Crippen molar-refractivity contribution in [2.24, 2.45) is 0 Å². The minimum absolute atomic E-state index is 0.154. The van der Waals surface area contributed by atoms with Crippen LogP contribution in [0.25, 0.3) is 21.3 Å². The number of rotatable bonds is 3. The third-order valence-electron chi connectivity index (χ3n) is 3.81. The lowest BCUT2D eigenvalue weighted by Gasteiger charge is -2.00. The summed E-state index contributed by atoms with van der Waals surface area (Å²) in [6.45, 7) is 0. The number of hydrogen-bond acceptors (Lipinski definition) is 4. The van der Waals surface area contributed by atoms with Gasteiger partial charge in [0, 0.05) is 5.56 Å². The van der Waals surface area contributed by atoms with Crippen molar-refractivity contribution in [3.05, 3.63) is 66.2 Å². The number of fused-ring (bicyclic) bond motifs is 2. The molecule has 4 rings (SSSR count). The van der Waals surface area contributed by atoms with Crippen LogP contribution in [0.2, 0.25) is 0 Å². The van der Waals surface area contributed by atoms with Crippen LogP contribution in [0.5, 0.6) is 5.75 Å². The molecule has 0 aliphatic heterocycles. The van der Waals surface area contributed by atoms with Gasteiger partial charge in [-0.1, -0.05) is 35.6 Å². The summed E-state index contributed by atoms with van der Waals surface area (Å²) in [7, 11) is 1.66. The summed E-state index contributed by atoms with van der Waals surface area (Å²) in [5, 5.41) is 3.46. The zero-order valence-electron chi connectivity index (χ0n) is 12.9. The van der Waals surface area contributed by atoms with Crippen molar-refractivity contribution in [1.29, 1.82) is 0 Å². The maximum absolute atomic E-state index is 12.2. The number of methoxy groups -OCH3 is 1. The van der Waals surface area contributed by atoms with Crippen LogP contribution in [0, 0.1) is 0 Å². The second kappa shape index (κ2) is 5.94. The first kappa shape index (κ1) is 14.7. The zero-order chi connectivity index (χ0) is 16.5. The summed E-state index contributed by atoms with van der Waals surface area (Å²) < 4.78 is 6.29. The Morgan fingerprint density at radius 3 is 2.62 bits per heavy atom. The summed E-state index contributed by atoms with van der Waals surface area (Å²) in [6, 6.07) is 19.2. The largest absolute Gasteiger partial charge is 0.497 e. The van der Waals surface area contributed by atoms with Gasteiger partial charge in [-0.15, -0.1) is 0 Å². The van der Waals surface area contributed by atoms with Gasteiger partial charge in [-0.2, -0.15) is 0 Å². The predicted molar refractivity (Wildman–Crippen MR) is 97.2 cm³/mol. The molecule has 1 aromatic heterocycles. The molecular formula is C19H14N2O2S. The fraction of sp³-hybridized carbons (Fsp3) is 0.0526. The minimum atomic E-state index is -0.154. The lowest BCUT2D eigenvalue weighted by atomic mass is 10.2. The van der Waals surface area contributed by atoms with Crippen molar-refractivity contribution < 1.29 is 9.53 Å². The third-order valence-corrected chi connectivity index (χ3v) is 4.74. The lowest BCUT2D eigenvalue weighted by Crippen LogP contribution is -2.11. The van der Waals surface area contributed by atoms with E-state index in [1.54, 1.807) is 19.2 Å². The van der Waals surface area contributed by atoms with E-state index < -0.39 is 0 Å². The number of benzene rings is 1. The number of aromatic nitrogens is 1. The smallest absolute Gasteiger partial charge is 0.257 e. The summed E-state index contributed by atoms with van der Waals surface area (Å²) in [5.74, 6) is 0.686. The molecule has 2 aliphatic carbocycles. The highest BCUT2D eigenvalue weighted by atomic mass is 32.1. The Morgan fingerprint density at radius 2 is 1.83 bits per heavy atom. The van der Waals surface area contributed by atoms with E-state index in [1.807, 2.05) is 42.5 Å². The van der Waals surface area contributed by atoms with Gasteiger partial charge < -0.3 is 4.74 Å². The van der Waals surface area contributed by atoms with E-state index in [-0.39, 0.29) is 5.91 Å². The number of amides is 1. The van der Waals surface area contributed by atoms with E-state index in [4.69, 9.17) is 4.74 Å². The Hall–Kier alpha value is -2.92. The van der Waals surface area contributed by atoms with Crippen LogP contribution in [-0.2, 0) is 0 Å². The number of hydrogen-bond donors (Lipinski definition) is 1. The van der Waals surface area contributed by atoms with Gasteiger partial charge in [0.05, 0.1) is 17.3 Å². The molecule has 24 heavy (non-hydrogen) atoms. The van der Waals surface area contributed by atoms with E-state index in [1.165, 1.54) is 11.3 Å². The van der Waals surface area contributed by atoms with Gasteiger partial charge >= 0.3 is 0 Å². The predicted octanol–water partition coefficient (Wildman–Crippen LogP) is 4.66. The highest BCUT2D eigenvalue weighted by Crippen LogP contribution is 2.34. The molecule has 1 heterocycles. The first-order valence-corrected chi connectivity index (χ1v) is 8.29. The second-order valence-electron chi connectivity index (χ2n) is 5.37. The average Bonchev–Trinajstić information content (AvgIpc) is 3.14. The normalized spacial score (nSPS) is 10.9. The van der Waals surface area contributed by atoms with Crippen LogP contribution in [0.4, 0.5) is 5.13 Å². The Morgan fingerprint density at radius 1 is 1.04 bits per heavy atom. The second-order valence-corrected chi connectivity index (χ2v) is 6.40. The van der Waals surface area contributed by atoms with E-state index in [0.29, 0.717) is 10.7 Å². The molecule has 1 amide bonds. The Kier molecular flexibility index (Phi) is 3.63. The molecule has 5 heteroatoms. The lowest BCUT2D eigenvalue weighted by molar-refractivity contribution is 0.102. The van der Waals surface area contributed by atoms with E-state index in [2.05, 4.69) is 16.4 Å². The molecule has 0 unspecified atom stereocenters. The van der Waals surface area contributed by atoms with Crippen LogP contribution < -0.4 is 10.1 Å². The van der Waals surface area contributed by atoms with Gasteiger partial charge in [0.1, 0.15) is 5.75 Å². The van der Waals surface area contributed by atoms with Gasteiger partial charge in [0.25, 0.3) is 5.91 Å². The van der Waals surface area contributed by atoms with Crippen molar-refractivity contribution in [1.82, 2.24) is 4.98 Å². The summed E-state index contributed by atoms with van der Waals surface area (Å²) in [5.41, 5.74) is 3.67. The van der Waals surface area contributed by atoms with Crippen molar-refractivity contribution in [3.63, 3.8) is 0 Å². The molecular weight excluding hydrogens is 320 g/mol. The van der Waals surface area contributed by atoms with Gasteiger partial charge in [-0.05, 0) is 47.5 Å². The zero-order valence-corrected chi connectivity index (χ0v) is 13.8. The summed E-state index contributed by atoms with van der Waals surface area (Å²) >= 11 is 1.46. The number of nitrogens with one attached hydrogen (secondary N) is 1. The van der Waals surface area contributed by atoms with Crippen molar-refractivity contribution >= 4 is 32.6 Å². The van der Waals surface area contributed by atoms with E-state index >= 15 is 0 Å². The number of carbonyl (C=O) groups is 1. The molecule has 0 saturated heterocycles. The molecule has 0 saturated carbocycles. The van der Waals surface area contributed by atoms with Crippen molar-refractivity contribution in [2.45, 2.75) is 0 Å². The first-order valence-electron chi connectivity index (χ1n) is 7.48. The van der Waals surface area contributed by atoms with Gasteiger partial charge in [-0.3, -0.25) is 10.1 Å². The standard InChI is InChI=1S/C19H14N2O2S/c1-23-15-9-13-7-8-16-17(11-14(13)10-15)24-19(20-16)21-18(22)12-5-3-2-4-6-12/h2-11H,1H3,(H,20,21,22). The van der Waals surface area contributed by atoms with E-state index in [9.17, 15) is 4.79 Å². The number of ether oxygens (including phenoxy) is 1. The van der Waals surface area contributed by atoms with Gasteiger partial charge in [0.2, 0.25) is 0 Å². The molecule has 118 valence electrons. The topological polar surface area (TPSA) is 51.2 Å². The quantitative estimate of drug-likeness (QED) is 0.593. The maximum Gasteiger partial charge on any atom is 0.257 e. The van der Waals surface area contributed by atoms with Gasteiger partial charge in [0.15, 0.2) is 5.13 Å². The molecule has 1 N–H and O–H groups in total. The monoisotopic (exact) mass is 334 g/mol. The fourth-order valence-corrected chi connectivity index (χ4v) is 3.49. The molecule has 1 aromatic carbocycles. The third kappa shape index (κ3) is 2.70. The maximum atomic E-state index is 12.2. The minimum Gasteiger partial charge on any atom is -0.497 e. The van der Waals surface area contributed by atoms with Crippen LogP contribution in [0.15, 0.2) is 60.7 Å². The van der Waals surface area contributed by atoms with Crippen LogP contribution in [-0.4, -0.2) is 18.0 Å². The Labute approximate surface area is 143 Å². The Bertz CT molecular complexity index is 995. The van der Waals surface area contributed by atoms with Gasteiger partial charge in [-0.25, -0.2) is 4.98 Å². The van der Waals surface area contributed by atoms with Crippen molar-refractivity contribution in [3.8, 4) is 16.9 Å². The van der Waals surface area contributed by atoms with E-state index in [0.717, 1.165) is 27.1 Å². The fourth-order valence-electron chi connectivity index (χ4n) is 2.59. The highest BCUT2D eigenvalue weighted by molar-refractivity contribution is 7.22.